The molecule has 0 spiro atoms. The smallest absolute Gasteiger partial charge is 0.0557 e. The van der Waals surface area contributed by atoms with Gasteiger partial charge in [0.25, 0.3) is 0 Å². The molecule has 0 saturated heterocycles. The van der Waals surface area contributed by atoms with Gasteiger partial charge in [0, 0.05) is 62.6 Å². The number of para-hydroxylation sites is 3. The van der Waals surface area contributed by atoms with Gasteiger partial charge < -0.3 is 19.6 Å². The normalized spacial score (nSPS) is 14.2. The highest BCUT2D eigenvalue weighted by Crippen LogP contribution is 2.42. The van der Waals surface area contributed by atoms with Gasteiger partial charge in [0.15, 0.2) is 0 Å². The summed E-state index contributed by atoms with van der Waals surface area (Å²) < 4.78 is 0. The minimum Gasteiger partial charge on any atom is -0.338 e. The summed E-state index contributed by atoms with van der Waals surface area (Å²) in [5.41, 5.74) is 27.3. The van der Waals surface area contributed by atoms with Crippen LogP contribution < -0.4 is 19.6 Å². The Labute approximate surface area is 554 Å². The molecule has 4 heteroatoms. The van der Waals surface area contributed by atoms with Crippen LogP contribution in [-0.4, -0.2) is 6.04 Å². The van der Waals surface area contributed by atoms with Crippen molar-refractivity contribution in [1.82, 2.24) is 0 Å². The minimum atomic E-state index is 0.245. The molecule has 0 bridgehead atoms. The van der Waals surface area contributed by atoms with Gasteiger partial charge in [-0.05, 0) is 220 Å². The van der Waals surface area contributed by atoms with E-state index in [0.29, 0.717) is 0 Å². The molecule has 3 aliphatic rings. The first-order chi connectivity index (χ1) is 46.6. The van der Waals surface area contributed by atoms with Crippen molar-refractivity contribution < 1.29 is 0 Å². The molecule has 12 aromatic rings. The van der Waals surface area contributed by atoms with Crippen molar-refractivity contribution in [3.05, 3.63) is 393 Å². The van der Waals surface area contributed by atoms with Crippen LogP contribution in [0.4, 0.5) is 51.2 Å². The number of anilines is 9. The van der Waals surface area contributed by atoms with Crippen molar-refractivity contribution in [2.75, 3.05) is 19.6 Å². The molecule has 0 aromatic heterocycles. The van der Waals surface area contributed by atoms with Gasteiger partial charge >= 0.3 is 0 Å². The number of hydrogen-bond acceptors (Lipinski definition) is 4. The monoisotopic (exact) mass is 1210 g/mol. The Morgan fingerprint density at radius 1 is 0.255 bits per heavy atom. The lowest BCUT2D eigenvalue weighted by Crippen LogP contribution is -2.34. The van der Waals surface area contributed by atoms with Crippen molar-refractivity contribution in [2.45, 2.75) is 38.1 Å². The molecule has 1 atom stereocenters. The molecule has 0 saturated carbocycles. The fourth-order valence-corrected chi connectivity index (χ4v) is 13.5. The third-order valence-electron chi connectivity index (χ3n) is 18.4. The van der Waals surface area contributed by atoms with E-state index in [4.69, 9.17) is 0 Å². The third-order valence-corrected chi connectivity index (χ3v) is 18.4. The molecule has 3 aliphatic carbocycles. The van der Waals surface area contributed by atoms with Gasteiger partial charge in [-0.2, -0.15) is 0 Å². The third kappa shape index (κ3) is 12.8. The first-order valence-electron chi connectivity index (χ1n) is 32.9. The molecule has 15 rings (SSSR count). The molecule has 4 nitrogen and oxygen atoms in total. The number of allylic oxidation sites excluding steroid dienone is 9. The van der Waals surface area contributed by atoms with Gasteiger partial charge in [-0.25, -0.2) is 0 Å². The summed E-state index contributed by atoms with van der Waals surface area (Å²) in [6.45, 7) is 0. The zero-order valence-electron chi connectivity index (χ0n) is 52.6. The SMILES string of the molecule is C1=CC(N(c2ccc(-c3ccccc3)cc2)c2ccc(-c3ccc(N(c4ccccc4)c4ccc(-c5ccc(-c6ccc(N(c7ccccc7)c7ccc(C8=CC=C(N(c9ccccc9)C9C=CC(c%10ccccc%10)=CC9)CC8)cc7)cc6)cc5)cc4)cc3)cc2)=CCC1. The van der Waals surface area contributed by atoms with Crippen molar-refractivity contribution in [3.8, 4) is 44.5 Å². The molecular formula is C90H72N4. The van der Waals surface area contributed by atoms with Gasteiger partial charge in [-0.15, -0.1) is 0 Å². The topological polar surface area (TPSA) is 13.0 Å². The van der Waals surface area contributed by atoms with E-state index in [1.165, 1.54) is 83.9 Å². The Bertz CT molecular complexity index is 4710. The molecule has 0 aliphatic heterocycles. The fourth-order valence-electron chi connectivity index (χ4n) is 13.5. The lowest BCUT2D eigenvalue weighted by atomic mass is 9.92. The largest absolute Gasteiger partial charge is 0.338 e. The Morgan fingerprint density at radius 2 is 0.596 bits per heavy atom. The molecule has 0 heterocycles. The Hall–Kier alpha value is -11.7. The molecule has 0 N–H and O–H groups in total. The van der Waals surface area contributed by atoms with Crippen LogP contribution in [0.1, 0.15) is 43.2 Å². The average Bonchev–Trinajstić information content (AvgIpc) is 1.26. The lowest BCUT2D eigenvalue weighted by Gasteiger charge is -2.36. The van der Waals surface area contributed by atoms with E-state index in [2.05, 4.69) is 390 Å². The highest BCUT2D eigenvalue weighted by molar-refractivity contribution is 5.84. The second-order valence-corrected chi connectivity index (χ2v) is 24.3. The Kier molecular flexibility index (Phi) is 17.1. The van der Waals surface area contributed by atoms with E-state index < -0.39 is 0 Å². The number of benzene rings is 12. The predicted molar refractivity (Wildman–Crippen MR) is 399 cm³/mol. The van der Waals surface area contributed by atoms with E-state index in [1.807, 2.05) is 0 Å². The summed E-state index contributed by atoms with van der Waals surface area (Å²) in [6, 6.07) is 117. The maximum absolute atomic E-state index is 2.54. The van der Waals surface area contributed by atoms with Crippen LogP contribution >= 0.6 is 0 Å². The van der Waals surface area contributed by atoms with Gasteiger partial charge in [0.2, 0.25) is 0 Å². The van der Waals surface area contributed by atoms with E-state index in [-0.39, 0.29) is 6.04 Å². The number of nitrogens with zero attached hydrogens (tertiary/aromatic N) is 4. The van der Waals surface area contributed by atoms with Crippen LogP contribution in [0.5, 0.6) is 0 Å². The van der Waals surface area contributed by atoms with E-state index in [9.17, 15) is 0 Å². The van der Waals surface area contributed by atoms with Crippen LogP contribution in [-0.2, 0) is 0 Å². The van der Waals surface area contributed by atoms with Crippen molar-refractivity contribution in [2.24, 2.45) is 0 Å². The van der Waals surface area contributed by atoms with Gasteiger partial charge in [-0.3, -0.25) is 0 Å². The van der Waals surface area contributed by atoms with Crippen LogP contribution in [0.2, 0.25) is 0 Å². The molecule has 94 heavy (non-hydrogen) atoms. The fraction of sp³-hybridized carbons (Fsp3) is 0.0667. The molecule has 0 fully saturated rings. The summed E-state index contributed by atoms with van der Waals surface area (Å²) in [7, 11) is 0. The van der Waals surface area contributed by atoms with E-state index >= 15 is 0 Å². The molecule has 452 valence electrons. The van der Waals surface area contributed by atoms with Crippen molar-refractivity contribution >= 4 is 62.3 Å². The summed E-state index contributed by atoms with van der Waals surface area (Å²) in [4.78, 5) is 9.59. The summed E-state index contributed by atoms with van der Waals surface area (Å²) in [5, 5.41) is 0. The predicted octanol–water partition coefficient (Wildman–Crippen LogP) is 24.6. The van der Waals surface area contributed by atoms with Gasteiger partial charge in [0.1, 0.15) is 0 Å². The van der Waals surface area contributed by atoms with Crippen molar-refractivity contribution in [3.63, 3.8) is 0 Å². The number of rotatable bonds is 18. The zero-order chi connectivity index (χ0) is 62.8. The molecular weight excluding hydrogens is 1140 g/mol. The number of hydrogen-bond donors (Lipinski definition) is 0. The molecule has 1 unspecified atom stereocenters. The highest BCUT2D eigenvalue weighted by atomic mass is 15.2. The quantitative estimate of drug-likeness (QED) is 0.0849. The van der Waals surface area contributed by atoms with Crippen molar-refractivity contribution in [1.29, 1.82) is 0 Å². The first-order valence-corrected chi connectivity index (χ1v) is 32.9. The molecule has 12 aromatic carbocycles. The van der Waals surface area contributed by atoms with E-state index in [1.54, 1.807) is 0 Å². The van der Waals surface area contributed by atoms with Gasteiger partial charge in [0.05, 0.1) is 6.04 Å². The summed E-state index contributed by atoms with van der Waals surface area (Å²) >= 11 is 0. The molecule has 0 radical (unpaired) electrons. The van der Waals surface area contributed by atoms with Crippen LogP contribution in [0.25, 0.3) is 55.7 Å². The first kappa shape index (κ1) is 58.6. The lowest BCUT2D eigenvalue weighted by molar-refractivity contribution is 0.724. The molecule has 0 amide bonds. The zero-order valence-corrected chi connectivity index (χ0v) is 52.6. The average molecular weight is 1210 g/mol. The second-order valence-electron chi connectivity index (χ2n) is 24.3. The van der Waals surface area contributed by atoms with Crippen LogP contribution in [0.15, 0.2) is 382 Å². The second kappa shape index (κ2) is 27.4. The van der Waals surface area contributed by atoms with Crippen LogP contribution in [0.3, 0.4) is 0 Å². The van der Waals surface area contributed by atoms with Gasteiger partial charge in [-0.1, -0.05) is 249 Å². The van der Waals surface area contributed by atoms with E-state index in [0.717, 1.165) is 77.6 Å². The standard InChI is InChI=1S/C90H72N4/c1-7-19-67(20-8-1)71-35-51-83(52-36-71)91(79-23-11-3-12-24-79)87-59-43-75(44-60-87)77-47-63-89(64-48-77)93(81-27-15-5-16-28-81)85-55-39-73(40-56-85)69-31-33-70(34-32-69)74-41-57-86(58-42-74)94(82-29-17-6-18-30-82)90-65-49-78(50-66-90)76-45-61-88(62-46-76)92(80-25-13-4-14-26-80)84-53-37-72(38-54-84)68-21-9-2-10-22-68/h1-3,5-13,15-43,45-51,53-59,61-66,83H,4,14,44,52,60H2. The Balaban J connectivity index is 0.622. The summed E-state index contributed by atoms with van der Waals surface area (Å²) in [6.07, 6.45) is 23.6. The minimum absolute atomic E-state index is 0.245. The van der Waals surface area contributed by atoms with Crippen LogP contribution in [0, 0.1) is 0 Å². The Morgan fingerprint density at radius 3 is 0.957 bits per heavy atom. The maximum atomic E-state index is 2.54. The summed E-state index contributed by atoms with van der Waals surface area (Å²) in [5.74, 6) is 0. The maximum Gasteiger partial charge on any atom is 0.0557 e. The highest BCUT2D eigenvalue weighted by Gasteiger charge is 2.25.